The van der Waals surface area contributed by atoms with Crippen LogP contribution in [-0.4, -0.2) is 40.9 Å². The van der Waals surface area contributed by atoms with Gasteiger partial charge in [0.2, 0.25) is 0 Å². The van der Waals surface area contributed by atoms with Crippen molar-refractivity contribution in [1.82, 2.24) is 20.0 Å². The normalized spacial score (nSPS) is 19.4. The van der Waals surface area contributed by atoms with E-state index in [-0.39, 0.29) is 24.8 Å². The number of halogens is 2. The zero-order valence-electron chi connectivity index (χ0n) is 14.6. The topological polar surface area (TPSA) is 33.1 Å². The van der Waals surface area contributed by atoms with Gasteiger partial charge in [-0.2, -0.15) is 5.10 Å². The maximum atomic E-state index is 4.27. The van der Waals surface area contributed by atoms with E-state index in [9.17, 15) is 0 Å². The van der Waals surface area contributed by atoms with E-state index >= 15 is 0 Å². The van der Waals surface area contributed by atoms with Crippen molar-refractivity contribution in [2.75, 3.05) is 26.2 Å². The molecule has 138 valence electrons. The lowest BCUT2D eigenvalue weighted by atomic mass is 9.78. The second kappa shape index (κ2) is 9.04. The van der Waals surface area contributed by atoms with Crippen LogP contribution in [0.25, 0.3) is 0 Å². The average molecular weight is 383 g/mol. The number of piperidine rings is 1. The van der Waals surface area contributed by atoms with Crippen LogP contribution in [0.2, 0.25) is 0 Å². The molecule has 25 heavy (non-hydrogen) atoms. The molecule has 3 heterocycles. The van der Waals surface area contributed by atoms with Gasteiger partial charge in [0.15, 0.2) is 0 Å². The highest BCUT2D eigenvalue weighted by Crippen LogP contribution is 2.38. The van der Waals surface area contributed by atoms with Crippen LogP contribution in [0.1, 0.15) is 30.4 Å². The van der Waals surface area contributed by atoms with Crippen molar-refractivity contribution in [1.29, 1.82) is 0 Å². The smallest absolute Gasteiger partial charge is 0.0659 e. The molecule has 0 atom stereocenters. The lowest BCUT2D eigenvalue weighted by molar-refractivity contribution is 0.194. The van der Waals surface area contributed by atoms with E-state index in [1.807, 2.05) is 23.1 Å². The van der Waals surface area contributed by atoms with E-state index < -0.39 is 0 Å². The molecule has 2 fully saturated rings. The molecular formula is C19H28Cl2N4. The fourth-order valence-corrected chi connectivity index (χ4v) is 4.12. The lowest BCUT2D eigenvalue weighted by Crippen LogP contribution is -2.38. The number of nitrogens with zero attached hydrogens (tertiary/aromatic N) is 3. The maximum absolute atomic E-state index is 4.27. The Hall–Kier alpha value is -1.07. The molecule has 0 unspecified atom stereocenters. The number of benzene rings is 1. The second-order valence-electron chi connectivity index (χ2n) is 7.23. The molecule has 0 amide bonds. The molecule has 2 saturated heterocycles. The van der Waals surface area contributed by atoms with Crippen LogP contribution in [0.15, 0.2) is 42.7 Å². The van der Waals surface area contributed by atoms with E-state index in [0.29, 0.717) is 5.41 Å². The predicted molar refractivity (Wildman–Crippen MR) is 107 cm³/mol. The molecule has 6 heteroatoms. The van der Waals surface area contributed by atoms with Crippen molar-refractivity contribution >= 4 is 24.8 Å². The number of nitrogens with one attached hydrogen (secondary N) is 1. The van der Waals surface area contributed by atoms with Crippen molar-refractivity contribution in [3.63, 3.8) is 0 Å². The molecule has 2 aromatic rings. The highest BCUT2D eigenvalue weighted by atomic mass is 35.5. The fourth-order valence-electron chi connectivity index (χ4n) is 4.12. The van der Waals surface area contributed by atoms with E-state index in [1.165, 1.54) is 56.6 Å². The maximum Gasteiger partial charge on any atom is 0.0659 e. The van der Waals surface area contributed by atoms with Gasteiger partial charge >= 0.3 is 0 Å². The molecule has 2 aliphatic rings. The van der Waals surface area contributed by atoms with Gasteiger partial charge in [0.05, 0.1) is 6.54 Å². The molecule has 0 saturated carbocycles. The molecule has 1 N–H and O–H groups in total. The summed E-state index contributed by atoms with van der Waals surface area (Å²) in [5.41, 5.74) is 3.35. The Kier molecular flexibility index (Phi) is 7.32. The van der Waals surface area contributed by atoms with Crippen LogP contribution in [0.5, 0.6) is 0 Å². The van der Waals surface area contributed by atoms with Gasteiger partial charge in [-0.05, 0) is 61.5 Å². The first-order chi connectivity index (χ1) is 11.3. The molecule has 1 aromatic carbocycles. The lowest BCUT2D eigenvalue weighted by Gasteiger charge is -2.33. The van der Waals surface area contributed by atoms with Crippen molar-refractivity contribution in [2.24, 2.45) is 5.41 Å². The van der Waals surface area contributed by atoms with Gasteiger partial charge in [-0.3, -0.25) is 9.58 Å². The van der Waals surface area contributed by atoms with E-state index in [0.717, 1.165) is 13.1 Å². The minimum Gasteiger partial charge on any atom is -0.317 e. The second-order valence-corrected chi connectivity index (χ2v) is 7.23. The van der Waals surface area contributed by atoms with Crippen LogP contribution in [0.4, 0.5) is 0 Å². The summed E-state index contributed by atoms with van der Waals surface area (Å²) < 4.78 is 1.97. The van der Waals surface area contributed by atoms with Crippen molar-refractivity contribution in [3.05, 3.63) is 53.9 Å². The Labute approximate surface area is 162 Å². The van der Waals surface area contributed by atoms with E-state index in [1.54, 1.807) is 0 Å². The molecule has 0 aliphatic carbocycles. The largest absolute Gasteiger partial charge is 0.317 e. The van der Waals surface area contributed by atoms with Crippen molar-refractivity contribution < 1.29 is 0 Å². The van der Waals surface area contributed by atoms with E-state index in [4.69, 9.17) is 0 Å². The fraction of sp³-hybridized carbons (Fsp3) is 0.526. The highest BCUT2D eigenvalue weighted by molar-refractivity contribution is 5.85. The van der Waals surface area contributed by atoms with Crippen LogP contribution in [0, 0.1) is 5.41 Å². The summed E-state index contributed by atoms with van der Waals surface area (Å²) in [6.45, 7) is 6.90. The third-order valence-electron chi connectivity index (χ3n) is 5.51. The monoisotopic (exact) mass is 382 g/mol. The highest BCUT2D eigenvalue weighted by Gasteiger charge is 2.38. The Morgan fingerprint density at radius 2 is 1.64 bits per heavy atom. The summed E-state index contributed by atoms with van der Waals surface area (Å²) in [5.74, 6) is 0. The molecule has 4 rings (SSSR count). The minimum atomic E-state index is 0. The first-order valence-corrected chi connectivity index (χ1v) is 8.80. The van der Waals surface area contributed by atoms with E-state index in [2.05, 4.69) is 39.6 Å². The molecular weight excluding hydrogens is 355 g/mol. The first kappa shape index (κ1) is 20.2. The van der Waals surface area contributed by atoms with Gasteiger partial charge in [-0.25, -0.2) is 0 Å². The Balaban J connectivity index is 0.00000113. The zero-order chi connectivity index (χ0) is 15.5. The van der Waals surface area contributed by atoms with Crippen LogP contribution in [-0.2, 0) is 13.1 Å². The third kappa shape index (κ3) is 4.98. The molecule has 1 aromatic heterocycles. The summed E-state index contributed by atoms with van der Waals surface area (Å²) in [7, 11) is 0. The Bertz CT molecular complexity index is 621. The number of hydrogen-bond donors (Lipinski definition) is 1. The molecule has 2 aliphatic heterocycles. The third-order valence-corrected chi connectivity index (χ3v) is 5.51. The standard InChI is InChI=1S/C19H26N4.2ClH/c1-9-21-23(12-1)15-18-4-2-17(3-5-18)14-22-13-8-19(16-22)6-10-20-11-7-19;;/h1-5,9,12,20H,6-8,10-11,13-16H2;2*1H. The van der Waals surface area contributed by atoms with Gasteiger partial charge < -0.3 is 5.32 Å². The van der Waals surface area contributed by atoms with Gasteiger partial charge in [-0.15, -0.1) is 24.8 Å². The molecule has 0 bridgehead atoms. The Morgan fingerprint density at radius 1 is 0.960 bits per heavy atom. The quantitative estimate of drug-likeness (QED) is 0.879. The van der Waals surface area contributed by atoms with Gasteiger partial charge in [0, 0.05) is 25.5 Å². The number of rotatable bonds is 4. The van der Waals surface area contributed by atoms with Crippen molar-refractivity contribution in [2.45, 2.75) is 32.4 Å². The summed E-state index contributed by atoms with van der Waals surface area (Å²) in [6, 6.07) is 11.0. The summed E-state index contributed by atoms with van der Waals surface area (Å²) in [4.78, 5) is 2.65. The van der Waals surface area contributed by atoms with Gasteiger partial charge in [0.25, 0.3) is 0 Å². The van der Waals surface area contributed by atoms with Crippen molar-refractivity contribution in [3.8, 4) is 0 Å². The van der Waals surface area contributed by atoms with Crippen LogP contribution in [0.3, 0.4) is 0 Å². The van der Waals surface area contributed by atoms with Crippen LogP contribution < -0.4 is 5.32 Å². The number of likely N-dealkylation sites (tertiary alicyclic amines) is 1. The van der Waals surface area contributed by atoms with Gasteiger partial charge in [-0.1, -0.05) is 24.3 Å². The summed E-state index contributed by atoms with van der Waals surface area (Å²) in [6.07, 6.45) is 7.93. The van der Waals surface area contributed by atoms with Gasteiger partial charge in [0.1, 0.15) is 0 Å². The van der Waals surface area contributed by atoms with Crippen LogP contribution >= 0.6 is 24.8 Å². The Morgan fingerprint density at radius 3 is 2.28 bits per heavy atom. The average Bonchev–Trinajstić information content (AvgIpc) is 3.21. The molecule has 4 nitrogen and oxygen atoms in total. The first-order valence-electron chi connectivity index (χ1n) is 8.80. The number of hydrogen-bond acceptors (Lipinski definition) is 3. The molecule has 0 radical (unpaired) electrons. The summed E-state index contributed by atoms with van der Waals surface area (Å²) >= 11 is 0. The predicted octanol–water partition coefficient (Wildman–Crippen LogP) is 3.35. The molecule has 1 spiro atoms. The zero-order valence-corrected chi connectivity index (χ0v) is 16.2. The summed E-state index contributed by atoms with van der Waals surface area (Å²) in [5, 5.41) is 7.77. The SMILES string of the molecule is Cl.Cl.c1cnn(Cc2ccc(CN3CCC4(CCNCC4)C3)cc2)c1. The number of aromatic nitrogens is 2. The minimum absolute atomic E-state index is 0.